The number of hydrogen-bond acceptors (Lipinski definition) is 6. The predicted octanol–water partition coefficient (Wildman–Crippen LogP) is 0.701. The topological polar surface area (TPSA) is 76.4 Å². The van der Waals surface area contributed by atoms with Crippen molar-refractivity contribution in [3.8, 4) is 0 Å². The van der Waals surface area contributed by atoms with Crippen LogP contribution in [0.3, 0.4) is 0 Å². The Labute approximate surface area is 146 Å². The molecule has 2 aromatic rings. The summed E-state index contributed by atoms with van der Waals surface area (Å²) in [6.45, 7) is 3.73. The summed E-state index contributed by atoms with van der Waals surface area (Å²) in [5, 5.41) is 4.37. The number of likely N-dealkylation sites (tertiary alicyclic amines) is 1. The minimum Gasteiger partial charge on any atom is -0.365 e. The zero-order chi connectivity index (χ0) is 17.1. The van der Waals surface area contributed by atoms with E-state index in [0.29, 0.717) is 25.6 Å². The van der Waals surface area contributed by atoms with Crippen LogP contribution in [0, 0.1) is 0 Å². The zero-order valence-electron chi connectivity index (χ0n) is 14.1. The first-order chi connectivity index (χ1) is 12.3. The Morgan fingerprint density at radius 2 is 1.96 bits per heavy atom. The van der Waals surface area contributed by atoms with Gasteiger partial charge in [0.2, 0.25) is 11.9 Å². The molecule has 8 nitrogen and oxygen atoms in total. The molecular formula is C17H22N6O2. The largest absolute Gasteiger partial charge is 0.365 e. The van der Waals surface area contributed by atoms with Gasteiger partial charge in [0.1, 0.15) is 6.61 Å². The van der Waals surface area contributed by atoms with Crippen LogP contribution in [0.25, 0.3) is 0 Å². The summed E-state index contributed by atoms with van der Waals surface area (Å²) in [7, 11) is 0. The third kappa shape index (κ3) is 3.63. The van der Waals surface area contributed by atoms with Gasteiger partial charge in [0.25, 0.3) is 0 Å². The first-order valence-electron chi connectivity index (χ1n) is 8.71. The summed E-state index contributed by atoms with van der Waals surface area (Å²) >= 11 is 0. The number of aromatic nitrogens is 4. The highest BCUT2D eigenvalue weighted by Gasteiger charge is 2.26. The van der Waals surface area contributed by atoms with E-state index < -0.39 is 0 Å². The second-order valence-corrected chi connectivity index (χ2v) is 6.45. The fourth-order valence-electron chi connectivity index (χ4n) is 3.37. The van der Waals surface area contributed by atoms with Crippen molar-refractivity contribution in [2.45, 2.75) is 32.0 Å². The number of anilines is 1. The number of fused-ring (bicyclic) bond motifs is 1. The van der Waals surface area contributed by atoms with Crippen molar-refractivity contribution in [3.63, 3.8) is 0 Å². The Hall–Kier alpha value is -2.48. The number of amides is 1. The van der Waals surface area contributed by atoms with E-state index in [1.807, 2.05) is 15.6 Å². The number of rotatable bonds is 4. The van der Waals surface area contributed by atoms with Crippen molar-refractivity contribution >= 4 is 11.9 Å². The van der Waals surface area contributed by atoms with Crippen molar-refractivity contribution in [2.24, 2.45) is 0 Å². The Balaban J connectivity index is 1.46. The maximum atomic E-state index is 12.3. The van der Waals surface area contributed by atoms with Crippen LogP contribution >= 0.6 is 0 Å². The molecule has 0 N–H and O–H groups in total. The molecule has 1 fully saturated rings. The SMILES string of the molecule is O=C(CO[C@@H]1CN(c2ncccn2)Cc2ccnn2C1)N1CCCC1. The molecule has 2 aromatic heterocycles. The molecule has 0 radical (unpaired) electrons. The van der Waals surface area contributed by atoms with E-state index >= 15 is 0 Å². The molecular weight excluding hydrogens is 320 g/mol. The lowest BCUT2D eigenvalue weighted by molar-refractivity contribution is -0.137. The molecule has 2 aliphatic heterocycles. The maximum Gasteiger partial charge on any atom is 0.248 e. The summed E-state index contributed by atoms with van der Waals surface area (Å²) in [6.07, 6.45) is 7.29. The molecule has 132 valence electrons. The molecule has 25 heavy (non-hydrogen) atoms. The van der Waals surface area contributed by atoms with Crippen LogP contribution in [-0.2, 0) is 22.6 Å². The number of hydrogen-bond donors (Lipinski definition) is 0. The van der Waals surface area contributed by atoms with Crippen molar-refractivity contribution in [1.82, 2.24) is 24.6 Å². The minimum atomic E-state index is -0.142. The highest BCUT2D eigenvalue weighted by atomic mass is 16.5. The monoisotopic (exact) mass is 342 g/mol. The molecule has 1 saturated heterocycles. The lowest BCUT2D eigenvalue weighted by Gasteiger charge is -2.24. The predicted molar refractivity (Wildman–Crippen MR) is 90.9 cm³/mol. The molecule has 8 heteroatoms. The highest BCUT2D eigenvalue weighted by molar-refractivity contribution is 5.77. The molecule has 1 amide bonds. The average molecular weight is 342 g/mol. The van der Waals surface area contributed by atoms with Crippen LogP contribution in [0.4, 0.5) is 5.95 Å². The fourth-order valence-corrected chi connectivity index (χ4v) is 3.37. The normalized spacial score (nSPS) is 20.4. The van der Waals surface area contributed by atoms with Crippen molar-refractivity contribution in [1.29, 1.82) is 0 Å². The minimum absolute atomic E-state index is 0.0740. The van der Waals surface area contributed by atoms with E-state index in [0.717, 1.165) is 31.6 Å². The van der Waals surface area contributed by atoms with Gasteiger partial charge in [-0.3, -0.25) is 9.48 Å². The van der Waals surface area contributed by atoms with Crippen LogP contribution in [0.15, 0.2) is 30.7 Å². The smallest absolute Gasteiger partial charge is 0.248 e. The fraction of sp³-hybridized carbons (Fsp3) is 0.529. The molecule has 0 aromatic carbocycles. The third-order valence-electron chi connectivity index (χ3n) is 4.69. The van der Waals surface area contributed by atoms with Gasteiger partial charge in [0.05, 0.1) is 24.9 Å². The number of nitrogens with zero attached hydrogens (tertiary/aromatic N) is 6. The van der Waals surface area contributed by atoms with Crippen molar-refractivity contribution in [3.05, 3.63) is 36.4 Å². The van der Waals surface area contributed by atoms with Crippen LogP contribution < -0.4 is 4.90 Å². The first-order valence-corrected chi connectivity index (χ1v) is 8.71. The van der Waals surface area contributed by atoms with Gasteiger partial charge in [-0.05, 0) is 25.0 Å². The molecule has 0 saturated carbocycles. The Kier molecular flexibility index (Phi) is 4.60. The first kappa shape index (κ1) is 16.0. The van der Waals surface area contributed by atoms with Crippen LogP contribution in [0.1, 0.15) is 18.5 Å². The van der Waals surface area contributed by atoms with E-state index in [4.69, 9.17) is 4.74 Å². The van der Waals surface area contributed by atoms with Gasteiger partial charge in [-0.2, -0.15) is 5.10 Å². The molecule has 4 rings (SSSR count). The number of carbonyl (C=O) groups excluding carboxylic acids is 1. The lowest BCUT2D eigenvalue weighted by Crippen LogP contribution is -2.38. The second kappa shape index (κ2) is 7.18. The van der Waals surface area contributed by atoms with E-state index in [-0.39, 0.29) is 18.6 Å². The Bertz CT molecular complexity index is 713. The molecule has 0 spiro atoms. The summed E-state index contributed by atoms with van der Waals surface area (Å²) in [6, 6.07) is 3.79. The molecule has 0 unspecified atom stereocenters. The number of ether oxygens (including phenoxy) is 1. The summed E-state index contributed by atoms with van der Waals surface area (Å²) in [5.74, 6) is 0.738. The van der Waals surface area contributed by atoms with Gasteiger partial charge in [0, 0.05) is 38.2 Å². The zero-order valence-corrected chi connectivity index (χ0v) is 14.1. The Morgan fingerprint density at radius 3 is 2.76 bits per heavy atom. The summed E-state index contributed by atoms with van der Waals surface area (Å²) in [5.41, 5.74) is 1.09. The lowest BCUT2D eigenvalue weighted by atomic mass is 10.3. The van der Waals surface area contributed by atoms with Crippen LogP contribution in [0.5, 0.6) is 0 Å². The van der Waals surface area contributed by atoms with Crippen LogP contribution in [0.2, 0.25) is 0 Å². The van der Waals surface area contributed by atoms with Crippen molar-refractivity contribution in [2.75, 3.05) is 31.1 Å². The van der Waals surface area contributed by atoms with Crippen LogP contribution in [-0.4, -0.2) is 62.9 Å². The maximum absolute atomic E-state index is 12.3. The van der Waals surface area contributed by atoms with E-state index in [2.05, 4.69) is 20.0 Å². The van der Waals surface area contributed by atoms with Crippen molar-refractivity contribution < 1.29 is 9.53 Å². The highest BCUT2D eigenvalue weighted by Crippen LogP contribution is 2.18. The molecule has 2 aliphatic rings. The number of carbonyl (C=O) groups is 1. The van der Waals surface area contributed by atoms with Gasteiger partial charge >= 0.3 is 0 Å². The van der Waals surface area contributed by atoms with Gasteiger partial charge in [-0.1, -0.05) is 0 Å². The molecule has 4 heterocycles. The second-order valence-electron chi connectivity index (χ2n) is 6.45. The summed E-state index contributed by atoms with van der Waals surface area (Å²) in [4.78, 5) is 24.9. The molecule has 1 atom stereocenters. The molecule has 0 bridgehead atoms. The molecule has 0 aliphatic carbocycles. The standard InChI is InChI=1S/C17H22N6O2/c24-16(21-8-1-2-9-21)13-25-15-11-22(17-18-5-3-6-19-17)10-14-4-7-20-23(14)12-15/h3-7,15H,1-2,8-13H2/t15-/m1/s1. The van der Waals surface area contributed by atoms with Gasteiger partial charge in [-0.15, -0.1) is 0 Å². The third-order valence-corrected chi connectivity index (χ3v) is 4.69. The van der Waals surface area contributed by atoms with Gasteiger partial charge in [0.15, 0.2) is 0 Å². The van der Waals surface area contributed by atoms with Gasteiger partial charge in [-0.25, -0.2) is 9.97 Å². The van der Waals surface area contributed by atoms with E-state index in [1.165, 1.54) is 0 Å². The van der Waals surface area contributed by atoms with Gasteiger partial charge < -0.3 is 14.5 Å². The van der Waals surface area contributed by atoms with E-state index in [9.17, 15) is 4.79 Å². The van der Waals surface area contributed by atoms with E-state index in [1.54, 1.807) is 24.7 Å². The average Bonchev–Trinajstić information content (AvgIpc) is 3.29. The Morgan fingerprint density at radius 1 is 1.16 bits per heavy atom. The quantitative estimate of drug-likeness (QED) is 0.814. The summed E-state index contributed by atoms with van der Waals surface area (Å²) < 4.78 is 7.90.